The van der Waals surface area contributed by atoms with E-state index in [1.807, 2.05) is 11.9 Å². The first-order valence-electron chi connectivity index (χ1n) is 7.98. The van der Waals surface area contributed by atoms with Gasteiger partial charge in [0.05, 0.1) is 0 Å². The average molecular weight is 343 g/mol. The minimum atomic E-state index is -0.612. The number of halogens is 2. The first-order valence-corrected chi connectivity index (χ1v) is 7.98. The fraction of sp³-hybridized carbons (Fsp3) is 0.588. The summed E-state index contributed by atoms with van der Waals surface area (Å²) < 4.78 is 18.8. The lowest BCUT2D eigenvalue weighted by molar-refractivity contribution is -0.139. The quantitative estimate of drug-likeness (QED) is 0.914. The molecule has 0 saturated carbocycles. The summed E-state index contributed by atoms with van der Waals surface area (Å²) in [5.74, 6) is -0.0179. The van der Waals surface area contributed by atoms with Crippen LogP contribution in [-0.2, 0) is 4.79 Å². The largest absolute Gasteiger partial charge is 0.481 e. The molecule has 1 N–H and O–H groups in total. The van der Waals surface area contributed by atoms with Crippen LogP contribution < -0.4 is 10.1 Å². The topological polar surface area (TPSA) is 41.6 Å². The monoisotopic (exact) mass is 342 g/mol. The van der Waals surface area contributed by atoms with E-state index in [1.54, 1.807) is 19.1 Å². The van der Waals surface area contributed by atoms with Gasteiger partial charge in [-0.3, -0.25) is 4.79 Å². The van der Waals surface area contributed by atoms with Crippen LogP contribution in [-0.4, -0.2) is 42.1 Å². The van der Waals surface area contributed by atoms with Gasteiger partial charge in [0.1, 0.15) is 11.6 Å². The molecule has 0 aliphatic carbocycles. The van der Waals surface area contributed by atoms with Crippen LogP contribution in [0, 0.1) is 5.82 Å². The smallest absolute Gasteiger partial charge is 0.263 e. The first kappa shape index (κ1) is 18.0. The standard InChI is InChI=1S/C17H23FN2O2.ClH/c1-11(22-16-5-3-4-12(18)8-16)17(21)20(2)15-9-13-6-7-14(10-15)19-13;/h3-5,8,11,13-15,19H,6-7,9-10H2,1-2H3;1H. The lowest BCUT2D eigenvalue weighted by Crippen LogP contribution is -2.51. The predicted molar refractivity (Wildman–Crippen MR) is 89.5 cm³/mol. The van der Waals surface area contributed by atoms with Crippen molar-refractivity contribution < 1.29 is 13.9 Å². The molecular weight excluding hydrogens is 319 g/mol. The van der Waals surface area contributed by atoms with Gasteiger partial charge in [-0.15, -0.1) is 12.4 Å². The molecule has 0 spiro atoms. The second-order valence-corrected chi connectivity index (χ2v) is 6.43. The van der Waals surface area contributed by atoms with Gasteiger partial charge in [-0.2, -0.15) is 0 Å². The highest BCUT2D eigenvalue weighted by Crippen LogP contribution is 2.29. The molecule has 0 aromatic heterocycles. The van der Waals surface area contributed by atoms with Gasteiger partial charge in [-0.05, 0) is 44.7 Å². The summed E-state index contributed by atoms with van der Waals surface area (Å²) in [6.45, 7) is 1.72. The van der Waals surface area contributed by atoms with Gasteiger partial charge in [0.2, 0.25) is 0 Å². The van der Waals surface area contributed by atoms with Gasteiger partial charge < -0.3 is 15.0 Å². The first-order chi connectivity index (χ1) is 10.5. The molecule has 2 aliphatic rings. The molecule has 2 bridgehead atoms. The molecule has 3 atom stereocenters. The van der Waals surface area contributed by atoms with Crippen molar-refractivity contribution >= 4 is 18.3 Å². The van der Waals surface area contributed by atoms with Crippen LogP contribution in [0.1, 0.15) is 32.6 Å². The molecule has 2 saturated heterocycles. The summed E-state index contributed by atoms with van der Waals surface area (Å²) >= 11 is 0. The Morgan fingerprint density at radius 2 is 2.00 bits per heavy atom. The Balaban J connectivity index is 0.00000192. The lowest BCUT2D eigenvalue weighted by atomic mass is 9.98. The summed E-state index contributed by atoms with van der Waals surface area (Å²) in [5.41, 5.74) is 0. The normalized spacial score (nSPS) is 27.0. The molecule has 1 aromatic carbocycles. The number of benzene rings is 1. The van der Waals surface area contributed by atoms with E-state index in [0.717, 1.165) is 12.8 Å². The van der Waals surface area contributed by atoms with E-state index in [4.69, 9.17) is 4.74 Å². The van der Waals surface area contributed by atoms with E-state index in [-0.39, 0.29) is 30.2 Å². The van der Waals surface area contributed by atoms with E-state index in [9.17, 15) is 9.18 Å². The van der Waals surface area contributed by atoms with Gasteiger partial charge in [-0.1, -0.05) is 6.07 Å². The molecule has 4 nitrogen and oxygen atoms in total. The van der Waals surface area contributed by atoms with Gasteiger partial charge in [0.25, 0.3) is 5.91 Å². The summed E-state index contributed by atoms with van der Waals surface area (Å²) in [5, 5.41) is 3.58. The van der Waals surface area contributed by atoms with E-state index >= 15 is 0 Å². The van der Waals surface area contributed by atoms with Gasteiger partial charge in [-0.25, -0.2) is 4.39 Å². The molecule has 1 amide bonds. The van der Waals surface area contributed by atoms with E-state index in [1.165, 1.54) is 25.0 Å². The van der Waals surface area contributed by atoms with Crippen LogP contribution in [0.2, 0.25) is 0 Å². The maximum atomic E-state index is 13.2. The molecule has 128 valence electrons. The Bertz CT molecular complexity index is 545. The van der Waals surface area contributed by atoms with Crippen molar-refractivity contribution in [2.45, 2.75) is 56.8 Å². The number of ether oxygens (including phenoxy) is 1. The van der Waals surface area contributed by atoms with Gasteiger partial charge in [0, 0.05) is 31.2 Å². The van der Waals surface area contributed by atoms with Crippen molar-refractivity contribution in [3.05, 3.63) is 30.1 Å². The maximum absolute atomic E-state index is 13.2. The maximum Gasteiger partial charge on any atom is 0.263 e. The highest BCUT2D eigenvalue weighted by atomic mass is 35.5. The molecule has 0 radical (unpaired) electrons. The van der Waals surface area contributed by atoms with Crippen LogP contribution in [0.25, 0.3) is 0 Å². The van der Waals surface area contributed by atoms with Crippen LogP contribution in [0.3, 0.4) is 0 Å². The zero-order chi connectivity index (χ0) is 15.7. The number of piperidine rings is 1. The van der Waals surface area contributed by atoms with Crippen molar-refractivity contribution in [3.8, 4) is 5.75 Å². The number of carbonyl (C=O) groups is 1. The third kappa shape index (κ3) is 4.15. The molecule has 2 fully saturated rings. The van der Waals surface area contributed by atoms with Crippen molar-refractivity contribution in [3.63, 3.8) is 0 Å². The van der Waals surface area contributed by atoms with Crippen LogP contribution in [0.15, 0.2) is 24.3 Å². The zero-order valence-electron chi connectivity index (χ0n) is 13.5. The third-order valence-electron chi connectivity index (χ3n) is 4.80. The minimum absolute atomic E-state index is 0. The molecule has 2 aliphatic heterocycles. The zero-order valence-corrected chi connectivity index (χ0v) is 14.3. The molecule has 1 aromatic rings. The number of fused-ring (bicyclic) bond motifs is 2. The Labute approximate surface area is 142 Å². The number of nitrogens with zero attached hydrogens (tertiary/aromatic N) is 1. The Morgan fingerprint density at radius 3 is 2.61 bits per heavy atom. The number of rotatable bonds is 4. The number of hydrogen-bond acceptors (Lipinski definition) is 3. The molecule has 2 heterocycles. The van der Waals surface area contributed by atoms with Crippen molar-refractivity contribution in [1.29, 1.82) is 0 Å². The summed E-state index contributed by atoms with van der Waals surface area (Å²) in [6.07, 6.45) is 3.81. The average Bonchev–Trinajstić information content (AvgIpc) is 2.84. The Kier molecular flexibility index (Phi) is 5.87. The van der Waals surface area contributed by atoms with E-state index in [0.29, 0.717) is 17.8 Å². The molecule has 6 heteroatoms. The lowest BCUT2D eigenvalue weighted by Gasteiger charge is -2.36. The number of nitrogens with one attached hydrogen (secondary N) is 1. The highest BCUT2D eigenvalue weighted by Gasteiger charge is 2.37. The minimum Gasteiger partial charge on any atom is -0.481 e. The predicted octanol–water partition coefficient (Wildman–Crippen LogP) is 2.76. The number of carbonyl (C=O) groups excluding carboxylic acids is 1. The fourth-order valence-electron chi connectivity index (χ4n) is 3.61. The second-order valence-electron chi connectivity index (χ2n) is 6.43. The van der Waals surface area contributed by atoms with Crippen LogP contribution >= 0.6 is 12.4 Å². The van der Waals surface area contributed by atoms with E-state index in [2.05, 4.69) is 5.32 Å². The van der Waals surface area contributed by atoms with E-state index < -0.39 is 6.10 Å². The Morgan fingerprint density at radius 1 is 1.35 bits per heavy atom. The molecule has 23 heavy (non-hydrogen) atoms. The fourth-order valence-corrected chi connectivity index (χ4v) is 3.61. The number of amides is 1. The SMILES string of the molecule is CC(Oc1cccc(F)c1)C(=O)N(C)C1CC2CCC(C1)N2.Cl. The summed E-state index contributed by atoms with van der Waals surface area (Å²) in [6, 6.07) is 7.25. The molecule has 3 unspecified atom stereocenters. The van der Waals surface area contributed by atoms with Crippen LogP contribution in [0.5, 0.6) is 5.75 Å². The van der Waals surface area contributed by atoms with Gasteiger partial charge in [0.15, 0.2) is 6.10 Å². The highest BCUT2D eigenvalue weighted by molar-refractivity contribution is 5.85. The number of likely N-dealkylation sites (N-methyl/N-ethyl adjacent to an activating group) is 1. The van der Waals surface area contributed by atoms with Crippen LogP contribution in [0.4, 0.5) is 4.39 Å². The third-order valence-corrected chi connectivity index (χ3v) is 4.80. The number of hydrogen-bond donors (Lipinski definition) is 1. The molecule has 3 rings (SSSR count). The van der Waals surface area contributed by atoms with Crippen molar-refractivity contribution in [1.82, 2.24) is 10.2 Å². The second kappa shape index (κ2) is 7.49. The summed E-state index contributed by atoms with van der Waals surface area (Å²) in [7, 11) is 1.85. The summed E-state index contributed by atoms with van der Waals surface area (Å²) in [4.78, 5) is 14.4. The molecular formula is C17H24ClFN2O2. The van der Waals surface area contributed by atoms with Crippen molar-refractivity contribution in [2.75, 3.05) is 7.05 Å². The van der Waals surface area contributed by atoms with Crippen molar-refractivity contribution in [2.24, 2.45) is 0 Å². The Hall–Kier alpha value is -1.33. The van der Waals surface area contributed by atoms with Gasteiger partial charge >= 0.3 is 0 Å².